The van der Waals surface area contributed by atoms with E-state index in [-0.39, 0.29) is 5.41 Å². The summed E-state index contributed by atoms with van der Waals surface area (Å²) in [6, 6.07) is 0. The second-order valence-corrected chi connectivity index (χ2v) is 10.9. The Morgan fingerprint density at radius 3 is 2.90 bits per heavy atom. The van der Waals surface area contributed by atoms with Gasteiger partial charge in [-0.15, -0.1) is 5.10 Å². The van der Waals surface area contributed by atoms with Crippen LogP contribution in [0.3, 0.4) is 0 Å². The number of Topliss-reactive ketones (excluding diaryl/α,β-unsaturated/α-hetero) is 1. The monoisotopic (exact) mass is 411 g/mol. The van der Waals surface area contributed by atoms with Crippen LogP contribution in [-0.4, -0.2) is 25.9 Å². The molecule has 4 aliphatic carbocycles. The van der Waals surface area contributed by atoms with Crippen LogP contribution in [-0.2, 0) is 16.9 Å². The van der Waals surface area contributed by atoms with Gasteiger partial charge in [-0.05, 0) is 68.6 Å². The van der Waals surface area contributed by atoms with Gasteiger partial charge >= 0.3 is 0 Å². The van der Waals surface area contributed by atoms with Crippen molar-refractivity contribution in [3.63, 3.8) is 0 Å². The summed E-state index contributed by atoms with van der Waals surface area (Å²) in [4.78, 5) is 12.0. The van der Waals surface area contributed by atoms with Gasteiger partial charge in [0, 0.05) is 24.8 Å². The molecule has 0 bridgehead atoms. The number of hydrogen-bond donors (Lipinski definition) is 1. The highest BCUT2D eigenvalue weighted by atomic mass is 16.3. The average molecular weight is 412 g/mol. The fraction of sp³-hybridized carbons (Fsp3) is 0.800. The van der Waals surface area contributed by atoms with Gasteiger partial charge < -0.3 is 5.11 Å². The molecule has 5 rings (SSSR count). The lowest BCUT2D eigenvalue weighted by molar-refractivity contribution is -0.124. The third-order valence-corrected chi connectivity index (χ3v) is 9.40. The van der Waals surface area contributed by atoms with Gasteiger partial charge in [0.05, 0.1) is 6.20 Å². The smallest absolute Gasteiger partial charge is 0.137 e. The van der Waals surface area contributed by atoms with Gasteiger partial charge in [-0.1, -0.05) is 43.6 Å². The number of allylic oxidation sites excluding steroid dienone is 2. The molecule has 0 radical (unpaired) electrons. The third kappa shape index (κ3) is 2.87. The van der Waals surface area contributed by atoms with Crippen molar-refractivity contribution in [1.29, 1.82) is 0 Å². The molecule has 5 nitrogen and oxygen atoms in total. The molecular weight excluding hydrogens is 374 g/mol. The zero-order valence-corrected chi connectivity index (χ0v) is 18.9. The molecule has 0 amide bonds. The number of ketones is 1. The minimum atomic E-state index is -0.871. The van der Waals surface area contributed by atoms with E-state index in [1.807, 2.05) is 10.9 Å². The second-order valence-electron chi connectivity index (χ2n) is 10.9. The van der Waals surface area contributed by atoms with Crippen molar-refractivity contribution in [2.75, 3.05) is 0 Å². The number of nitrogens with zero attached hydrogens (tertiary/aromatic N) is 3. The SMILES string of the molecule is CCCCn1cc(C2(O)CCC3C4C(C)CC5=C(CCC(=O)C5)C4CCC32C)nn1. The number of fused-ring (bicyclic) bond motifs is 4. The van der Waals surface area contributed by atoms with E-state index in [0.29, 0.717) is 35.9 Å². The number of hydrogen-bond acceptors (Lipinski definition) is 4. The van der Waals surface area contributed by atoms with Crippen LogP contribution in [0.15, 0.2) is 17.3 Å². The van der Waals surface area contributed by atoms with Gasteiger partial charge in [0.15, 0.2) is 0 Å². The van der Waals surface area contributed by atoms with Gasteiger partial charge in [-0.3, -0.25) is 9.48 Å². The molecule has 2 saturated carbocycles. The van der Waals surface area contributed by atoms with E-state index in [2.05, 4.69) is 31.1 Å². The first kappa shape index (κ1) is 20.4. The summed E-state index contributed by atoms with van der Waals surface area (Å²) < 4.78 is 1.92. The first-order chi connectivity index (χ1) is 14.4. The standard InChI is InChI=1S/C25H37N3O2/c1-4-5-12-28-15-22(26-27-28)25(30)11-9-21-23-16(2)13-17-14-18(29)6-7-19(17)20(23)8-10-24(21,25)3/h15-16,20-21,23,30H,4-14H2,1-3H3. The fourth-order valence-corrected chi connectivity index (χ4v) is 7.82. The summed E-state index contributed by atoms with van der Waals surface area (Å²) in [5, 5.41) is 20.8. The number of aryl methyl sites for hydroxylation is 1. The van der Waals surface area contributed by atoms with E-state index in [1.165, 1.54) is 5.57 Å². The van der Waals surface area contributed by atoms with E-state index >= 15 is 0 Å². The first-order valence-corrected chi connectivity index (χ1v) is 12.2. The maximum atomic E-state index is 12.0. The van der Waals surface area contributed by atoms with Crippen molar-refractivity contribution in [2.45, 2.75) is 97.1 Å². The van der Waals surface area contributed by atoms with Crippen molar-refractivity contribution in [3.05, 3.63) is 23.0 Å². The van der Waals surface area contributed by atoms with E-state index < -0.39 is 5.60 Å². The summed E-state index contributed by atoms with van der Waals surface area (Å²) in [5.74, 6) is 2.79. The molecule has 5 heteroatoms. The summed E-state index contributed by atoms with van der Waals surface area (Å²) in [5.41, 5.74) is 2.87. The van der Waals surface area contributed by atoms with Gasteiger partial charge in [-0.2, -0.15) is 0 Å². The van der Waals surface area contributed by atoms with Crippen LogP contribution in [0, 0.1) is 29.1 Å². The Bertz CT molecular complexity index is 873. The van der Waals surface area contributed by atoms with Crippen molar-refractivity contribution in [2.24, 2.45) is 29.1 Å². The summed E-state index contributed by atoms with van der Waals surface area (Å²) in [6.07, 6.45) is 11.8. The molecule has 0 aliphatic heterocycles. The van der Waals surface area contributed by atoms with Crippen LogP contribution >= 0.6 is 0 Å². The van der Waals surface area contributed by atoms with Crippen LogP contribution < -0.4 is 0 Å². The van der Waals surface area contributed by atoms with Gasteiger partial charge in [0.1, 0.15) is 17.1 Å². The Hall–Kier alpha value is -1.49. The molecular formula is C25H37N3O2. The molecule has 1 heterocycles. The highest BCUT2D eigenvalue weighted by Crippen LogP contribution is 2.67. The first-order valence-electron chi connectivity index (χ1n) is 12.2. The normalized spacial score (nSPS) is 40.9. The Morgan fingerprint density at radius 1 is 1.27 bits per heavy atom. The maximum absolute atomic E-state index is 12.0. The molecule has 2 fully saturated rings. The lowest BCUT2D eigenvalue weighted by Crippen LogP contribution is -2.51. The molecule has 0 aromatic carbocycles. The van der Waals surface area contributed by atoms with Crippen molar-refractivity contribution < 1.29 is 9.90 Å². The van der Waals surface area contributed by atoms with Crippen LogP contribution in [0.5, 0.6) is 0 Å². The second kappa shape index (κ2) is 7.29. The number of aromatic nitrogens is 3. The van der Waals surface area contributed by atoms with E-state index in [0.717, 1.165) is 70.0 Å². The Labute approximate surface area is 180 Å². The van der Waals surface area contributed by atoms with Crippen molar-refractivity contribution in [1.82, 2.24) is 15.0 Å². The Kier molecular flexibility index (Phi) is 4.96. The highest BCUT2D eigenvalue weighted by Gasteiger charge is 2.64. The summed E-state index contributed by atoms with van der Waals surface area (Å²) in [6.45, 7) is 7.77. The quantitative estimate of drug-likeness (QED) is 0.723. The molecule has 30 heavy (non-hydrogen) atoms. The predicted octanol–water partition coefficient (Wildman–Crippen LogP) is 4.80. The zero-order valence-electron chi connectivity index (χ0n) is 18.9. The fourth-order valence-electron chi connectivity index (χ4n) is 7.82. The van der Waals surface area contributed by atoms with Crippen LogP contribution in [0.4, 0.5) is 0 Å². The van der Waals surface area contributed by atoms with Gasteiger partial charge in [0.2, 0.25) is 0 Å². The minimum Gasteiger partial charge on any atom is -0.383 e. The minimum absolute atomic E-state index is 0.142. The van der Waals surface area contributed by atoms with Crippen LogP contribution in [0.2, 0.25) is 0 Å². The van der Waals surface area contributed by atoms with Crippen molar-refractivity contribution >= 4 is 5.78 Å². The highest BCUT2D eigenvalue weighted by molar-refractivity contribution is 5.82. The molecule has 1 aromatic rings. The lowest BCUT2D eigenvalue weighted by Gasteiger charge is -2.55. The number of unbranched alkanes of at least 4 members (excludes halogenated alkanes) is 1. The summed E-state index contributed by atoms with van der Waals surface area (Å²) >= 11 is 0. The van der Waals surface area contributed by atoms with E-state index in [9.17, 15) is 9.90 Å². The average Bonchev–Trinajstić information content (AvgIpc) is 3.30. The Morgan fingerprint density at radius 2 is 2.10 bits per heavy atom. The predicted molar refractivity (Wildman–Crippen MR) is 116 cm³/mol. The molecule has 1 N–H and O–H groups in total. The maximum Gasteiger partial charge on any atom is 0.137 e. The largest absolute Gasteiger partial charge is 0.383 e. The topological polar surface area (TPSA) is 68.0 Å². The third-order valence-electron chi connectivity index (χ3n) is 9.40. The van der Waals surface area contributed by atoms with E-state index in [1.54, 1.807) is 5.57 Å². The summed E-state index contributed by atoms with van der Waals surface area (Å²) in [7, 11) is 0. The van der Waals surface area contributed by atoms with Crippen LogP contribution in [0.25, 0.3) is 0 Å². The molecule has 6 unspecified atom stereocenters. The number of aliphatic hydroxyl groups is 1. The number of carbonyl (C=O) groups is 1. The number of carbonyl (C=O) groups excluding carboxylic acids is 1. The van der Waals surface area contributed by atoms with Crippen LogP contribution in [0.1, 0.15) is 90.7 Å². The molecule has 164 valence electrons. The van der Waals surface area contributed by atoms with E-state index in [4.69, 9.17) is 0 Å². The lowest BCUT2D eigenvalue weighted by atomic mass is 9.50. The molecule has 0 spiro atoms. The molecule has 1 aromatic heterocycles. The molecule has 4 aliphatic rings. The molecule has 0 saturated heterocycles. The zero-order chi connectivity index (χ0) is 21.1. The number of rotatable bonds is 4. The molecule has 6 atom stereocenters. The van der Waals surface area contributed by atoms with Gasteiger partial charge in [-0.25, -0.2) is 0 Å². The van der Waals surface area contributed by atoms with Crippen molar-refractivity contribution in [3.8, 4) is 0 Å². The Balaban J connectivity index is 1.45. The van der Waals surface area contributed by atoms with Gasteiger partial charge in [0.25, 0.3) is 0 Å².